The number of aromatic carboxylic acids is 2. The molecule has 0 aromatic heterocycles. The predicted molar refractivity (Wildman–Crippen MR) is 59.2 cm³/mol. The molecule has 4 nitrogen and oxygen atoms in total. The fourth-order valence-electron chi connectivity index (χ4n) is 1.77. The lowest BCUT2D eigenvalue weighted by atomic mass is 9.90. The minimum absolute atomic E-state index is 0.0763. The van der Waals surface area contributed by atoms with E-state index in [1.54, 1.807) is 20.8 Å². The molecular weight excluding hydrogens is 208 g/mol. The number of carboxylic acids is 2. The predicted octanol–water partition coefficient (Wildman–Crippen LogP) is 2.51. The molecule has 0 atom stereocenters. The molecule has 0 unspecified atom stereocenters. The maximum atomic E-state index is 11.1. The highest BCUT2D eigenvalue weighted by Crippen LogP contribution is 2.25. The number of hydrogen-bond acceptors (Lipinski definition) is 2. The maximum Gasteiger partial charge on any atom is 0.336 e. The van der Waals surface area contributed by atoms with E-state index in [1.807, 2.05) is 0 Å². The van der Waals surface area contributed by atoms with Crippen molar-refractivity contribution in [3.05, 3.63) is 34.4 Å². The molecule has 1 aromatic carbocycles. The Morgan fingerprint density at radius 1 is 1.06 bits per heavy atom. The third-order valence-corrected chi connectivity index (χ3v) is 2.36. The third kappa shape index (κ3) is 2.21. The second kappa shape index (κ2) is 4.35. The first-order valence-electron chi connectivity index (χ1n) is 4.95. The molecule has 0 radical (unpaired) electrons. The molecular formula is C12H14O4. The van der Waals surface area contributed by atoms with Crippen molar-refractivity contribution in [2.75, 3.05) is 0 Å². The fraction of sp³-hybridized carbons (Fsp3) is 0.333. The van der Waals surface area contributed by atoms with E-state index in [-0.39, 0.29) is 17.0 Å². The van der Waals surface area contributed by atoms with Gasteiger partial charge in [0.25, 0.3) is 0 Å². The topological polar surface area (TPSA) is 74.6 Å². The summed E-state index contributed by atoms with van der Waals surface area (Å²) in [7, 11) is 0. The van der Waals surface area contributed by atoms with Gasteiger partial charge in [0.05, 0.1) is 11.1 Å². The average molecular weight is 222 g/mol. The molecule has 0 saturated heterocycles. The summed E-state index contributed by atoms with van der Waals surface area (Å²) in [5, 5.41) is 18.1. The lowest BCUT2D eigenvalue weighted by Crippen LogP contribution is -2.12. The van der Waals surface area contributed by atoms with E-state index in [4.69, 9.17) is 10.2 Å². The second-order valence-electron chi connectivity index (χ2n) is 4.04. The van der Waals surface area contributed by atoms with Gasteiger partial charge in [-0.3, -0.25) is 0 Å². The molecule has 86 valence electrons. The normalized spacial score (nSPS) is 10.5. The second-order valence-corrected chi connectivity index (χ2v) is 4.04. The molecule has 1 aromatic rings. The average Bonchev–Trinajstić information content (AvgIpc) is 2.15. The van der Waals surface area contributed by atoms with E-state index in [0.717, 1.165) is 0 Å². The summed E-state index contributed by atoms with van der Waals surface area (Å²) in [5.74, 6) is -2.32. The van der Waals surface area contributed by atoms with Gasteiger partial charge in [0.2, 0.25) is 0 Å². The van der Waals surface area contributed by atoms with E-state index in [1.165, 1.54) is 12.1 Å². The highest BCUT2D eigenvalue weighted by atomic mass is 16.4. The van der Waals surface area contributed by atoms with Crippen LogP contribution in [0.1, 0.15) is 51.6 Å². The lowest BCUT2D eigenvalue weighted by Gasteiger charge is -2.14. The zero-order valence-electron chi connectivity index (χ0n) is 9.44. The van der Waals surface area contributed by atoms with Crippen molar-refractivity contribution >= 4 is 11.9 Å². The van der Waals surface area contributed by atoms with Crippen LogP contribution < -0.4 is 0 Å². The molecule has 0 bridgehead atoms. The molecule has 0 fully saturated rings. The van der Waals surface area contributed by atoms with Crippen LogP contribution in [0.3, 0.4) is 0 Å². The van der Waals surface area contributed by atoms with E-state index in [2.05, 4.69) is 0 Å². The molecule has 2 N–H and O–H groups in total. The third-order valence-electron chi connectivity index (χ3n) is 2.36. The van der Waals surface area contributed by atoms with Crippen molar-refractivity contribution < 1.29 is 19.8 Å². The molecule has 4 heteroatoms. The largest absolute Gasteiger partial charge is 0.478 e. The molecule has 0 aliphatic carbocycles. The van der Waals surface area contributed by atoms with E-state index in [0.29, 0.717) is 11.1 Å². The van der Waals surface area contributed by atoms with Crippen LogP contribution in [0.25, 0.3) is 0 Å². The summed E-state index contributed by atoms with van der Waals surface area (Å²) in [6.07, 6.45) is 0. The fourth-order valence-corrected chi connectivity index (χ4v) is 1.77. The number of hydrogen-bond donors (Lipinski definition) is 2. The summed E-state index contributed by atoms with van der Waals surface area (Å²) in [6, 6.07) is 3.01. The number of carbonyl (C=O) groups is 2. The summed E-state index contributed by atoms with van der Waals surface area (Å²) < 4.78 is 0. The smallest absolute Gasteiger partial charge is 0.336 e. The van der Waals surface area contributed by atoms with Gasteiger partial charge in [-0.25, -0.2) is 9.59 Å². The Labute approximate surface area is 93.5 Å². The Morgan fingerprint density at radius 3 is 1.69 bits per heavy atom. The Morgan fingerprint density at radius 2 is 1.44 bits per heavy atom. The van der Waals surface area contributed by atoms with Crippen LogP contribution in [-0.4, -0.2) is 22.2 Å². The number of aryl methyl sites for hydroxylation is 1. The van der Waals surface area contributed by atoms with Crippen molar-refractivity contribution in [3.63, 3.8) is 0 Å². The number of carboxylic acid groups (broad SMARTS) is 2. The van der Waals surface area contributed by atoms with Crippen molar-refractivity contribution in [1.82, 2.24) is 0 Å². The van der Waals surface area contributed by atoms with E-state index in [9.17, 15) is 9.59 Å². The highest BCUT2D eigenvalue weighted by Gasteiger charge is 2.21. The summed E-state index contributed by atoms with van der Waals surface area (Å²) in [5.41, 5.74) is 1.17. The van der Waals surface area contributed by atoms with Gasteiger partial charge in [0, 0.05) is 0 Å². The quantitative estimate of drug-likeness (QED) is 0.824. The van der Waals surface area contributed by atoms with Gasteiger partial charge in [-0.05, 0) is 36.1 Å². The van der Waals surface area contributed by atoms with Gasteiger partial charge < -0.3 is 10.2 Å². The van der Waals surface area contributed by atoms with Crippen LogP contribution in [-0.2, 0) is 0 Å². The first kappa shape index (κ1) is 12.2. The minimum Gasteiger partial charge on any atom is -0.478 e. The first-order chi connectivity index (χ1) is 7.34. The standard InChI is InChI=1S/C12H14O4/c1-6(2)10-8(11(13)14)4-7(3)5-9(10)12(15)16/h4-6H,1-3H3,(H,13,14)(H,15,16). The summed E-state index contributed by atoms with van der Waals surface area (Å²) >= 11 is 0. The summed E-state index contributed by atoms with van der Waals surface area (Å²) in [6.45, 7) is 5.25. The van der Waals surface area contributed by atoms with Crippen molar-refractivity contribution in [2.24, 2.45) is 0 Å². The molecule has 0 heterocycles. The molecule has 1 rings (SSSR count). The Balaban J connectivity index is 3.60. The zero-order chi connectivity index (χ0) is 12.5. The molecule has 0 aliphatic heterocycles. The van der Waals surface area contributed by atoms with Crippen molar-refractivity contribution in [3.8, 4) is 0 Å². The van der Waals surface area contributed by atoms with Gasteiger partial charge in [0.1, 0.15) is 0 Å². The first-order valence-corrected chi connectivity index (χ1v) is 4.95. The van der Waals surface area contributed by atoms with E-state index >= 15 is 0 Å². The highest BCUT2D eigenvalue weighted by molar-refractivity contribution is 5.97. The van der Waals surface area contributed by atoms with Crippen molar-refractivity contribution in [1.29, 1.82) is 0 Å². The Hall–Kier alpha value is -1.84. The van der Waals surface area contributed by atoms with Gasteiger partial charge in [-0.1, -0.05) is 13.8 Å². The van der Waals surface area contributed by atoms with E-state index < -0.39 is 11.9 Å². The maximum absolute atomic E-state index is 11.1. The van der Waals surface area contributed by atoms with Gasteiger partial charge in [0.15, 0.2) is 0 Å². The zero-order valence-corrected chi connectivity index (χ0v) is 9.44. The van der Waals surface area contributed by atoms with Crippen molar-refractivity contribution in [2.45, 2.75) is 26.7 Å². The monoisotopic (exact) mass is 222 g/mol. The molecule has 0 amide bonds. The van der Waals surface area contributed by atoms with Crippen LogP contribution >= 0.6 is 0 Å². The van der Waals surface area contributed by atoms with Crippen LogP contribution in [0.15, 0.2) is 12.1 Å². The lowest BCUT2D eigenvalue weighted by molar-refractivity contribution is 0.0694. The van der Waals surface area contributed by atoms with Crippen LogP contribution in [0.4, 0.5) is 0 Å². The molecule has 16 heavy (non-hydrogen) atoms. The molecule has 0 saturated carbocycles. The SMILES string of the molecule is Cc1cc(C(=O)O)c(C(C)C)c(C(=O)O)c1. The number of rotatable bonds is 3. The van der Waals surface area contributed by atoms with Crippen LogP contribution in [0.5, 0.6) is 0 Å². The molecule has 0 spiro atoms. The Bertz CT molecular complexity index is 411. The summed E-state index contributed by atoms with van der Waals surface area (Å²) in [4.78, 5) is 22.1. The molecule has 0 aliphatic rings. The van der Waals surface area contributed by atoms with Crippen LogP contribution in [0.2, 0.25) is 0 Å². The number of benzene rings is 1. The van der Waals surface area contributed by atoms with Gasteiger partial charge >= 0.3 is 11.9 Å². The minimum atomic E-state index is -1.09. The Kier molecular flexibility index (Phi) is 3.32. The van der Waals surface area contributed by atoms with Gasteiger partial charge in [-0.15, -0.1) is 0 Å². The van der Waals surface area contributed by atoms with Crippen LogP contribution in [0, 0.1) is 6.92 Å². The van der Waals surface area contributed by atoms with Gasteiger partial charge in [-0.2, -0.15) is 0 Å².